The van der Waals surface area contributed by atoms with Crippen LogP contribution in [-0.4, -0.2) is 5.11 Å². The summed E-state index contributed by atoms with van der Waals surface area (Å²) in [6.07, 6.45) is 0. The van der Waals surface area contributed by atoms with E-state index in [9.17, 15) is 9.50 Å². The molecule has 1 N–H and O–H groups in total. The summed E-state index contributed by atoms with van der Waals surface area (Å²) in [6, 6.07) is 10.8. The predicted octanol–water partition coefficient (Wildman–Crippen LogP) is 3.85. The van der Waals surface area contributed by atoms with Gasteiger partial charge in [0.25, 0.3) is 0 Å². The average molecular weight is 223 g/mol. The molecule has 0 aromatic heterocycles. The number of phenols is 1. The molecule has 0 aliphatic heterocycles. The van der Waals surface area contributed by atoms with E-state index in [0.29, 0.717) is 16.1 Å². The number of aromatic hydroxyl groups is 1. The van der Waals surface area contributed by atoms with Gasteiger partial charge in [-0.1, -0.05) is 23.7 Å². The zero-order chi connectivity index (χ0) is 10.8. The zero-order valence-electron chi connectivity index (χ0n) is 7.74. The maximum atomic E-state index is 13.0. The van der Waals surface area contributed by atoms with Crippen LogP contribution < -0.4 is 0 Å². The highest BCUT2D eigenvalue weighted by molar-refractivity contribution is 6.30. The van der Waals surface area contributed by atoms with Crippen molar-refractivity contribution in [3.63, 3.8) is 0 Å². The Balaban J connectivity index is 2.54. The second-order valence-corrected chi connectivity index (χ2v) is 3.61. The van der Waals surface area contributed by atoms with Crippen LogP contribution in [0.1, 0.15) is 0 Å². The van der Waals surface area contributed by atoms with Crippen molar-refractivity contribution in [2.75, 3.05) is 0 Å². The summed E-state index contributed by atoms with van der Waals surface area (Å²) in [7, 11) is 0. The Labute approximate surface area is 91.8 Å². The second kappa shape index (κ2) is 3.91. The minimum Gasteiger partial charge on any atom is -0.507 e. The molecule has 0 fully saturated rings. The number of phenolic OH excluding ortho intramolecular Hbond substituents is 1. The standard InChI is InChI=1S/C12H8ClFO/c13-9-4-5-11(12(15)7-9)8-2-1-3-10(14)6-8/h1-7,15H. The van der Waals surface area contributed by atoms with Gasteiger partial charge in [0, 0.05) is 10.6 Å². The Hall–Kier alpha value is -1.54. The molecule has 0 saturated heterocycles. The molecular formula is C12H8ClFO. The fraction of sp³-hybridized carbons (Fsp3) is 0. The van der Waals surface area contributed by atoms with Crippen molar-refractivity contribution in [3.8, 4) is 16.9 Å². The van der Waals surface area contributed by atoms with E-state index in [-0.39, 0.29) is 11.6 Å². The Kier molecular flexibility index (Phi) is 2.60. The third kappa shape index (κ3) is 2.10. The van der Waals surface area contributed by atoms with Crippen molar-refractivity contribution in [1.29, 1.82) is 0 Å². The van der Waals surface area contributed by atoms with E-state index in [0.717, 1.165) is 0 Å². The van der Waals surface area contributed by atoms with Crippen LogP contribution >= 0.6 is 11.6 Å². The Morgan fingerprint density at radius 2 is 1.87 bits per heavy atom. The largest absolute Gasteiger partial charge is 0.507 e. The van der Waals surface area contributed by atoms with E-state index in [1.165, 1.54) is 18.2 Å². The minimum absolute atomic E-state index is 0.0492. The minimum atomic E-state index is -0.332. The molecule has 76 valence electrons. The van der Waals surface area contributed by atoms with Crippen LogP contribution in [0, 0.1) is 5.82 Å². The van der Waals surface area contributed by atoms with E-state index < -0.39 is 0 Å². The first-order valence-corrected chi connectivity index (χ1v) is 4.79. The molecule has 0 radical (unpaired) electrons. The van der Waals surface area contributed by atoms with E-state index in [4.69, 9.17) is 11.6 Å². The highest BCUT2D eigenvalue weighted by Gasteiger charge is 2.05. The monoisotopic (exact) mass is 222 g/mol. The summed E-state index contributed by atoms with van der Waals surface area (Å²) >= 11 is 5.70. The lowest BCUT2D eigenvalue weighted by atomic mass is 10.0. The van der Waals surface area contributed by atoms with Crippen LogP contribution in [0.3, 0.4) is 0 Å². The van der Waals surface area contributed by atoms with Gasteiger partial charge in [0.15, 0.2) is 0 Å². The van der Waals surface area contributed by atoms with E-state index in [1.807, 2.05) is 0 Å². The molecule has 1 nitrogen and oxygen atoms in total. The highest BCUT2D eigenvalue weighted by Crippen LogP contribution is 2.31. The number of benzene rings is 2. The summed E-state index contributed by atoms with van der Waals surface area (Å²) in [4.78, 5) is 0. The molecule has 0 aliphatic carbocycles. The molecule has 0 aliphatic rings. The van der Waals surface area contributed by atoms with Crippen LogP contribution in [-0.2, 0) is 0 Å². The molecule has 2 rings (SSSR count). The first-order valence-electron chi connectivity index (χ1n) is 4.41. The molecule has 0 atom stereocenters. The number of rotatable bonds is 1. The van der Waals surface area contributed by atoms with Gasteiger partial charge >= 0.3 is 0 Å². The van der Waals surface area contributed by atoms with Crippen LogP contribution in [0.25, 0.3) is 11.1 Å². The molecule has 0 heterocycles. The van der Waals surface area contributed by atoms with E-state index in [2.05, 4.69) is 0 Å². The average Bonchev–Trinajstić information content (AvgIpc) is 2.17. The summed E-state index contributed by atoms with van der Waals surface area (Å²) < 4.78 is 13.0. The SMILES string of the molecule is Oc1cc(Cl)ccc1-c1cccc(F)c1. The quantitative estimate of drug-likeness (QED) is 0.777. The van der Waals surface area contributed by atoms with Gasteiger partial charge < -0.3 is 5.11 Å². The van der Waals surface area contributed by atoms with E-state index in [1.54, 1.807) is 24.3 Å². The van der Waals surface area contributed by atoms with Crippen LogP contribution in [0.2, 0.25) is 5.02 Å². The summed E-state index contributed by atoms with van der Waals surface area (Å²) in [6.45, 7) is 0. The second-order valence-electron chi connectivity index (χ2n) is 3.17. The van der Waals surface area contributed by atoms with Crippen molar-refractivity contribution in [1.82, 2.24) is 0 Å². The molecule has 0 bridgehead atoms. The molecular weight excluding hydrogens is 215 g/mol. The lowest BCUT2D eigenvalue weighted by molar-refractivity contribution is 0.477. The number of halogens is 2. The summed E-state index contributed by atoms with van der Waals surface area (Å²) in [5.41, 5.74) is 1.20. The van der Waals surface area contributed by atoms with Gasteiger partial charge in [-0.25, -0.2) is 4.39 Å². The lowest BCUT2D eigenvalue weighted by Crippen LogP contribution is -1.81. The molecule has 0 saturated carbocycles. The Morgan fingerprint density at radius 1 is 1.07 bits per heavy atom. The maximum Gasteiger partial charge on any atom is 0.124 e. The molecule has 15 heavy (non-hydrogen) atoms. The third-order valence-electron chi connectivity index (χ3n) is 2.10. The number of hydrogen-bond donors (Lipinski definition) is 1. The van der Waals surface area contributed by atoms with Gasteiger partial charge in [-0.3, -0.25) is 0 Å². The van der Waals surface area contributed by atoms with Gasteiger partial charge in [0.1, 0.15) is 11.6 Å². The normalized spacial score (nSPS) is 10.3. The van der Waals surface area contributed by atoms with Gasteiger partial charge in [0.2, 0.25) is 0 Å². The van der Waals surface area contributed by atoms with E-state index >= 15 is 0 Å². The molecule has 0 unspecified atom stereocenters. The van der Waals surface area contributed by atoms with Crippen molar-refractivity contribution >= 4 is 11.6 Å². The van der Waals surface area contributed by atoms with Crippen molar-refractivity contribution in [2.24, 2.45) is 0 Å². The van der Waals surface area contributed by atoms with Crippen LogP contribution in [0.15, 0.2) is 42.5 Å². The smallest absolute Gasteiger partial charge is 0.124 e. The molecule has 0 amide bonds. The molecule has 3 heteroatoms. The zero-order valence-corrected chi connectivity index (χ0v) is 8.50. The van der Waals surface area contributed by atoms with Crippen molar-refractivity contribution in [3.05, 3.63) is 53.3 Å². The number of hydrogen-bond acceptors (Lipinski definition) is 1. The van der Waals surface area contributed by atoms with Gasteiger partial charge in [-0.2, -0.15) is 0 Å². The highest BCUT2D eigenvalue weighted by atomic mass is 35.5. The first-order chi connectivity index (χ1) is 7.16. The predicted molar refractivity (Wildman–Crippen MR) is 58.5 cm³/mol. The summed E-state index contributed by atoms with van der Waals surface area (Å²) in [5.74, 6) is -0.282. The fourth-order valence-electron chi connectivity index (χ4n) is 1.40. The maximum absolute atomic E-state index is 13.0. The van der Waals surface area contributed by atoms with Gasteiger partial charge in [-0.05, 0) is 35.9 Å². The summed E-state index contributed by atoms with van der Waals surface area (Å²) in [5, 5.41) is 10.1. The Morgan fingerprint density at radius 3 is 2.53 bits per heavy atom. The molecule has 2 aromatic rings. The fourth-order valence-corrected chi connectivity index (χ4v) is 1.57. The topological polar surface area (TPSA) is 20.2 Å². The molecule has 0 spiro atoms. The van der Waals surface area contributed by atoms with Crippen molar-refractivity contribution < 1.29 is 9.50 Å². The van der Waals surface area contributed by atoms with Gasteiger partial charge in [-0.15, -0.1) is 0 Å². The lowest BCUT2D eigenvalue weighted by Gasteiger charge is -2.04. The van der Waals surface area contributed by atoms with Crippen molar-refractivity contribution in [2.45, 2.75) is 0 Å². The van der Waals surface area contributed by atoms with Crippen LogP contribution in [0.5, 0.6) is 5.75 Å². The van der Waals surface area contributed by atoms with Gasteiger partial charge in [0.05, 0.1) is 0 Å². The Bertz CT molecular complexity index is 497. The molecule has 2 aromatic carbocycles. The first kappa shape index (κ1) is 9.99. The third-order valence-corrected chi connectivity index (χ3v) is 2.33. The van der Waals surface area contributed by atoms with Crippen LogP contribution in [0.4, 0.5) is 4.39 Å².